The minimum atomic E-state index is -3.72. The number of piperazine rings is 3. The summed E-state index contributed by atoms with van der Waals surface area (Å²) in [7, 11) is -11.1. The molecular formula is C111H127N17O19S3. The lowest BCUT2D eigenvalue weighted by Crippen LogP contribution is -2.47. The van der Waals surface area contributed by atoms with Crippen LogP contribution in [0.2, 0.25) is 0 Å². The van der Waals surface area contributed by atoms with Gasteiger partial charge in [-0.2, -0.15) is 0 Å². The highest BCUT2D eigenvalue weighted by atomic mass is 32.2. The number of nitrogens with one attached hydrogen (secondary N) is 6. The molecule has 788 valence electrons. The van der Waals surface area contributed by atoms with Gasteiger partial charge < -0.3 is 64.1 Å². The first-order chi connectivity index (χ1) is 72.8. The van der Waals surface area contributed by atoms with Crippen molar-refractivity contribution in [2.45, 2.75) is 78.9 Å². The lowest BCUT2D eigenvalue weighted by molar-refractivity contribution is -0.137. The third-order valence-corrected chi connectivity index (χ3v) is 30.3. The molecule has 5 fully saturated rings. The number of nitrogens with zero attached hydrogens (tertiary/aromatic N) is 11. The quantitative estimate of drug-likeness (QED) is 0.0196. The zero-order valence-electron chi connectivity index (χ0n) is 84.3. The number of hydrogen-bond acceptors (Lipinski definition) is 22. The second kappa shape index (κ2) is 51.2. The number of likely N-dealkylation sites (tertiary alicyclic amines) is 1. The maximum atomic E-state index is 14.8. The highest BCUT2D eigenvalue weighted by Gasteiger charge is 2.38. The molecule has 3 aromatic heterocycles. The van der Waals surface area contributed by atoms with E-state index in [-0.39, 0.29) is 114 Å². The Morgan fingerprint density at radius 1 is 0.313 bits per heavy atom. The van der Waals surface area contributed by atoms with Crippen LogP contribution in [0.5, 0.6) is 23.0 Å². The number of morpholine rings is 1. The highest BCUT2D eigenvalue weighted by molar-refractivity contribution is 7.93. The van der Waals surface area contributed by atoms with Gasteiger partial charge in [0.25, 0.3) is 29.5 Å². The molecule has 5 saturated heterocycles. The lowest BCUT2D eigenvalue weighted by atomic mass is 10.1. The van der Waals surface area contributed by atoms with Crippen LogP contribution in [0.1, 0.15) is 107 Å². The van der Waals surface area contributed by atoms with Gasteiger partial charge in [0.2, 0.25) is 30.1 Å². The summed E-state index contributed by atoms with van der Waals surface area (Å²) in [6.07, 6.45) is 4.36. The zero-order chi connectivity index (χ0) is 105. The summed E-state index contributed by atoms with van der Waals surface area (Å²) in [5.41, 5.74) is 5.80. The molecule has 8 heterocycles. The molecule has 5 aliphatic heterocycles. The predicted octanol–water partition coefficient (Wildman–Crippen LogP) is 11.7. The monoisotopic (exact) mass is 2100 g/mol. The van der Waals surface area contributed by atoms with Gasteiger partial charge in [0.1, 0.15) is 53.3 Å². The molecule has 10 aromatic carbocycles. The third-order valence-electron chi connectivity index (χ3n) is 25.9. The number of carbonyl (C=O) groups is 5. The van der Waals surface area contributed by atoms with Crippen molar-refractivity contribution in [1.82, 2.24) is 67.9 Å². The Balaban J connectivity index is 0.000000160. The normalized spacial score (nSPS) is 14.5. The second-order valence-electron chi connectivity index (χ2n) is 36.7. The molecule has 5 amide bonds. The first kappa shape index (κ1) is 108. The molecule has 5 aliphatic rings. The van der Waals surface area contributed by atoms with Crippen LogP contribution < -0.4 is 66.1 Å². The average molecular weight is 2100 g/mol. The molecule has 0 saturated carbocycles. The van der Waals surface area contributed by atoms with E-state index in [4.69, 9.17) is 23.7 Å². The topological polar surface area (TPSA) is 403 Å². The van der Waals surface area contributed by atoms with E-state index in [9.17, 15) is 63.6 Å². The summed E-state index contributed by atoms with van der Waals surface area (Å²) >= 11 is 0. The highest BCUT2D eigenvalue weighted by Crippen LogP contribution is 2.38. The first-order valence-electron chi connectivity index (χ1n) is 50.8. The molecule has 0 spiro atoms. The summed E-state index contributed by atoms with van der Waals surface area (Å²) in [4.78, 5) is 122. The third kappa shape index (κ3) is 27.1. The van der Waals surface area contributed by atoms with Gasteiger partial charge >= 0.3 is 17.1 Å². The summed E-state index contributed by atoms with van der Waals surface area (Å²) in [5, 5.41) is 9.83. The average Bonchev–Trinajstić information content (AvgIpc) is 1.59. The Hall–Kier alpha value is -15.1. The molecule has 0 atom stereocenters. The molecule has 18 rings (SSSR count). The number of carbonyl (C=O) groups excluding carboxylic acids is 5. The molecule has 0 aliphatic carbocycles. The van der Waals surface area contributed by atoms with Crippen LogP contribution in [-0.4, -0.2) is 268 Å². The predicted molar refractivity (Wildman–Crippen MR) is 579 cm³/mol. The zero-order valence-corrected chi connectivity index (χ0v) is 86.8. The van der Waals surface area contributed by atoms with Crippen molar-refractivity contribution >= 4 is 76.7 Å². The number of imidazole rings is 3. The van der Waals surface area contributed by atoms with Gasteiger partial charge in [-0.1, -0.05) is 203 Å². The number of sulfonamides is 3. The van der Waals surface area contributed by atoms with Gasteiger partial charge in [-0.15, -0.1) is 0 Å². The number of hydrogen-bond donors (Lipinski definition) is 6. The van der Waals surface area contributed by atoms with E-state index in [2.05, 4.69) is 30.1 Å². The fourth-order valence-electron chi connectivity index (χ4n) is 18.8. The van der Waals surface area contributed by atoms with E-state index in [0.29, 0.717) is 217 Å². The van der Waals surface area contributed by atoms with Gasteiger partial charge in [0, 0.05) is 121 Å². The van der Waals surface area contributed by atoms with Gasteiger partial charge in [-0.05, 0) is 140 Å². The number of anilines is 3. The number of ether oxygens (including phenoxy) is 5. The number of piperidine rings is 1. The Morgan fingerprint density at radius 2 is 0.593 bits per heavy atom. The Bertz CT molecular complexity index is 7130. The summed E-state index contributed by atoms with van der Waals surface area (Å²) in [5.74, 6) is 0.930. The summed E-state index contributed by atoms with van der Waals surface area (Å²) in [6.45, 7) is 15.9. The molecule has 36 nitrogen and oxygen atoms in total. The molecule has 0 radical (unpaired) electrons. The largest absolute Gasteiger partial charge is 0.490 e. The van der Waals surface area contributed by atoms with E-state index in [0.717, 1.165) is 43.7 Å². The van der Waals surface area contributed by atoms with E-state index < -0.39 is 47.1 Å². The summed E-state index contributed by atoms with van der Waals surface area (Å²) in [6, 6.07) is 79.0. The fraction of sp³-hybridized carbons (Fsp3) is 0.333. The Morgan fingerprint density at radius 3 is 0.913 bits per heavy atom. The number of benzene rings is 10. The van der Waals surface area contributed by atoms with E-state index in [1.807, 2.05) is 163 Å². The van der Waals surface area contributed by atoms with Crippen molar-refractivity contribution in [2.24, 2.45) is 0 Å². The molecule has 13 aromatic rings. The van der Waals surface area contributed by atoms with E-state index >= 15 is 0 Å². The second-order valence-corrected chi connectivity index (χ2v) is 42.2. The standard InChI is InChI=1S/C38H41N5O6S.C37H44N6O6S.C36H42N6O7S/c1-2-26-50(46,47)40-33-18-9-10-19-34(33)43-35(30-13-5-3-6-14-30)36(37(44)41-22-20-39-21-23-41)42(38(43)45)28-29-12-11-17-32(27-29)49-25-24-48-31-15-7-4-8-16-31;1-2-24-50(47,48)39-31-16-7-8-17-32(31)43-34(29-13-5-3-6-14-29)35(36(45)41-22-18-38-19-23-41)42(37(43)46)26-28-12-11-15-30(25-28)49-27-33(44)40-20-9-4-10-21-40;1-2-23-50(46,47)38-30-13-6-7-14-31(30)42-33(28-10-4-3-5-11-28)34(35(44)40-17-15-37-16-18-40)41(36(42)45)25-27-9-8-12-29(24-27)49-26-32(43)39-19-21-48-22-20-39/h3-19,27,39-40H,2,20-26,28H2,1H3;3,5-8,11-17,25,38-39H,2,4,9-10,18-24,26-27H2,1H3;3-14,24,37-38H,2,15-23,25-26H2,1H3. The first-order valence-corrected chi connectivity index (χ1v) is 55.8. The molecular weight excluding hydrogens is 1970 g/mol. The number of para-hydroxylation sites is 7. The smallest absolute Gasteiger partial charge is 0.334 e. The van der Waals surface area contributed by atoms with Crippen LogP contribution in [0.3, 0.4) is 0 Å². The van der Waals surface area contributed by atoms with E-state index in [1.54, 1.807) is 150 Å². The van der Waals surface area contributed by atoms with Crippen LogP contribution in [0, 0.1) is 0 Å². The van der Waals surface area contributed by atoms with Gasteiger partial charge in [-0.25, -0.2) is 39.6 Å². The van der Waals surface area contributed by atoms with Gasteiger partial charge in [0.15, 0.2) is 13.2 Å². The van der Waals surface area contributed by atoms with Crippen molar-refractivity contribution < 1.29 is 72.9 Å². The van der Waals surface area contributed by atoms with Gasteiger partial charge in [0.05, 0.1) is 101 Å². The number of amides is 5. The van der Waals surface area contributed by atoms with Crippen molar-refractivity contribution in [3.05, 3.63) is 332 Å². The molecule has 0 unspecified atom stereocenters. The molecule has 39 heteroatoms. The van der Waals surface area contributed by atoms with Crippen molar-refractivity contribution in [3.8, 4) is 73.8 Å². The van der Waals surface area contributed by atoms with Crippen LogP contribution in [0.25, 0.3) is 50.8 Å². The van der Waals surface area contributed by atoms with Crippen molar-refractivity contribution in [3.63, 3.8) is 0 Å². The Labute approximate surface area is 872 Å². The fourth-order valence-corrected chi connectivity index (χ4v) is 22.2. The molecule has 6 N–H and O–H groups in total. The van der Waals surface area contributed by atoms with E-state index in [1.165, 1.54) is 27.4 Å². The van der Waals surface area contributed by atoms with Crippen LogP contribution in [0.15, 0.2) is 281 Å². The van der Waals surface area contributed by atoms with Crippen LogP contribution >= 0.6 is 0 Å². The number of rotatable bonds is 38. The van der Waals surface area contributed by atoms with Gasteiger partial charge in [-0.3, -0.25) is 65.5 Å². The van der Waals surface area contributed by atoms with Crippen LogP contribution in [-0.2, 0) is 64.0 Å². The Kier molecular flexibility index (Phi) is 36.7. The lowest BCUT2D eigenvalue weighted by Gasteiger charge is -2.28. The van der Waals surface area contributed by atoms with Crippen molar-refractivity contribution in [1.29, 1.82) is 0 Å². The minimum Gasteiger partial charge on any atom is -0.490 e. The summed E-state index contributed by atoms with van der Waals surface area (Å²) < 4.78 is 123. The molecule has 150 heavy (non-hydrogen) atoms. The number of aromatic nitrogens is 6. The maximum absolute atomic E-state index is 14.8. The van der Waals surface area contributed by atoms with Crippen molar-refractivity contribution in [2.75, 3.05) is 176 Å². The maximum Gasteiger partial charge on any atom is 0.334 e. The van der Waals surface area contributed by atoms with Crippen LogP contribution in [0.4, 0.5) is 17.1 Å². The molecule has 0 bridgehead atoms. The minimum absolute atomic E-state index is 0.0111. The SMILES string of the molecule is CCCS(=O)(=O)Nc1ccccc1-n1c(-c2ccccc2)c(C(=O)N2CCNCC2)n(Cc2cccc(OCC(=O)N3CCCCC3)c2)c1=O.CCCS(=O)(=O)Nc1ccccc1-n1c(-c2ccccc2)c(C(=O)N2CCNCC2)n(Cc2cccc(OCC(=O)N3CCOCC3)c2)c1=O.CCCS(=O)(=O)Nc1ccccc1-n1c(-c2ccccc2)c(C(=O)N2CCNCC2)n(Cc2cccc(OCCOc3ccccc3)c2)c1=O.